The fourth-order valence-corrected chi connectivity index (χ4v) is 5.45. The number of sulfone groups is 1. The van der Waals surface area contributed by atoms with Crippen LogP contribution in [0.5, 0.6) is 0 Å². The second kappa shape index (κ2) is 7.76. The molecule has 0 atom stereocenters. The number of anilines is 1. The molecule has 0 saturated carbocycles. The quantitative estimate of drug-likeness (QED) is 0.687. The molecule has 0 fully saturated rings. The highest BCUT2D eigenvalue weighted by molar-refractivity contribution is 9.10. The van der Waals surface area contributed by atoms with E-state index in [0.717, 1.165) is 13.9 Å². The van der Waals surface area contributed by atoms with Gasteiger partial charge in [-0.1, -0.05) is 39.0 Å². The Labute approximate surface area is 147 Å². The first kappa shape index (κ1) is 17.7. The highest BCUT2D eigenvalue weighted by atomic mass is 79.9. The summed E-state index contributed by atoms with van der Waals surface area (Å²) in [6, 6.07) is 6.98. The molecule has 0 radical (unpaired) electrons. The van der Waals surface area contributed by atoms with E-state index in [9.17, 15) is 8.42 Å². The van der Waals surface area contributed by atoms with Gasteiger partial charge in [0, 0.05) is 16.3 Å². The number of nitrogens with one attached hydrogen (secondary N) is 1. The van der Waals surface area contributed by atoms with Crippen LogP contribution in [0.2, 0.25) is 0 Å². The van der Waals surface area contributed by atoms with Crippen molar-refractivity contribution in [3.8, 4) is 0 Å². The SMILES string of the molecule is CC(C)Nc1nnc(SCCS(=O)(=O)c2ccc(Br)cc2)s1. The van der Waals surface area contributed by atoms with Gasteiger partial charge >= 0.3 is 0 Å². The van der Waals surface area contributed by atoms with Crippen molar-refractivity contribution in [3.63, 3.8) is 0 Å². The molecule has 2 rings (SSSR count). The lowest BCUT2D eigenvalue weighted by atomic mass is 10.4. The van der Waals surface area contributed by atoms with Crippen molar-refractivity contribution >= 4 is 54.0 Å². The summed E-state index contributed by atoms with van der Waals surface area (Å²) >= 11 is 6.14. The van der Waals surface area contributed by atoms with E-state index >= 15 is 0 Å². The lowest BCUT2D eigenvalue weighted by Crippen LogP contribution is -2.08. The van der Waals surface area contributed by atoms with Gasteiger partial charge in [-0.2, -0.15) is 0 Å². The summed E-state index contributed by atoms with van der Waals surface area (Å²) in [5.74, 6) is 0.528. The van der Waals surface area contributed by atoms with Gasteiger partial charge < -0.3 is 5.32 Å². The summed E-state index contributed by atoms with van der Waals surface area (Å²) in [6.07, 6.45) is 0. The Morgan fingerprint density at radius 3 is 2.59 bits per heavy atom. The number of rotatable bonds is 7. The summed E-state index contributed by atoms with van der Waals surface area (Å²) in [5.41, 5.74) is 0. The number of aromatic nitrogens is 2. The van der Waals surface area contributed by atoms with Crippen LogP contribution in [-0.4, -0.2) is 36.2 Å². The fourth-order valence-electron chi connectivity index (χ4n) is 1.57. The maximum absolute atomic E-state index is 12.2. The third-order valence-corrected chi connectivity index (χ3v) is 7.08. The Bertz CT molecular complexity index is 714. The molecule has 1 heterocycles. The van der Waals surface area contributed by atoms with Crippen molar-refractivity contribution < 1.29 is 8.42 Å². The Balaban J connectivity index is 1.90. The summed E-state index contributed by atoms with van der Waals surface area (Å²) in [6.45, 7) is 4.05. The summed E-state index contributed by atoms with van der Waals surface area (Å²) < 4.78 is 26.1. The number of thioether (sulfide) groups is 1. The van der Waals surface area contributed by atoms with Gasteiger partial charge in [-0.3, -0.25) is 0 Å². The smallest absolute Gasteiger partial charge is 0.206 e. The molecule has 5 nitrogen and oxygen atoms in total. The first-order valence-electron chi connectivity index (χ1n) is 6.58. The van der Waals surface area contributed by atoms with Crippen LogP contribution in [0.25, 0.3) is 0 Å². The van der Waals surface area contributed by atoms with E-state index in [0.29, 0.717) is 16.7 Å². The van der Waals surface area contributed by atoms with Gasteiger partial charge in [0.2, 0.25) is 5.13 Å². The zero-order valence-electron chi connectivity index (χ0n) is 12.1. The van der Waals surface area contributed by atoms with Crippen LogP contribution in [0.3, 0.4) is 0 Å². The van der Waals surface area contributed by atoms with Crippen LogP contribution in [0.4, 0.5) is 5.13 Å². The molecular weight excluding hydrogens is 406 g/mol. The van der Waals surface area contributed by atoms with Crippen molar-refractivity contribution in [2.45, 2.75) is 29.1 Å². The molecule has 0 saturated heterocycles. The highest BCUT2D eigenvalue weighted by Gasteiger charge is 2.15. The van der Waals surface area contributed by atoms with Gasteiger partial charge in [0.1, 0.15) is 0 Å². The van der Waals surface area contributed by atoms with Crippen molar-refractivity contribution in [3.05, 3.63) is 28.7 Å². The third-order valence-electron chi connectivity index (χ3n) is 2.57. The zero-order valence-corrected chi connectivity index (χ0v) is 16.2. The minimum absolute atomic E-state index is 0.0752. The Hall–Kier alpha value is -0.640. The number of nitrogens with zero attached hydrogens (tertiary/aromatic N) is 2. The van der Waals surface area contributed by atoms with Crippen LogP contribution in [0, 0.1) is 0 Å². The molecule has 1 N–H and O–H groups in total. The monoisotopic (exact) mass is 421 g/mol. The second-order valence-electron chi connectivity index (χ2n) is 4.79. The van der Waals surface area contributed by atoms with E-state index in [4.69, 9.17) is 0 Å². The lowest BCUT2D eigenvalue weighted by molar-refractivity contribution is 0.597. The number of benzene rings is 1. The Morgan fingerprint density at radius 1 is 1.27 bits per heavy atom. The van der Waals surface area contributed by atoms with E-state index in [2.05, 4.69) is 31.4 Å². The van der Waals surface area contributed by atoms with Gasteiger partial charge in [0.05, 0.1) is 10.6 Å². The van der Waals surface area contributed by atoms with Crippen LogP contribution in [0.15, 0.2) is 38.0 Å². The second-order valence-corrected chi connectivity index (χ2v) is 10.1. The third kappa shape index (κ3) is 5.22. The molecule has 0 bridgehead atoms. The fraction of sp³-hybridized carbons (Fsp3) is 0.385. The molecule has 1 aromatic carbocycles. The maximum atomic E-state index is 12.2. The molecule has 120 valence electrons. The average molecular weight is 422 g/mol. The zero-order chi connectivity index (χ0) is 16.2. The van der Waals surface area contributed by atoms with E-state index in [1.807, 2.05) is 13.8 Å². The van der Waals surface area contributed by atoms with Crippen molar-refractivity contribution in [1.82, 2.24) is 10.2 Å². The Kier molecular flexibility index (Phi) is 6.25. The molecule has 1 aromatic heterocycles. The van der Waals surface area contributed by atoms with Crippen LogP contribution in [0.1, 0.15) is 13.8 Å². The minimum Gasteiger partial charge on any atom is -0.358 e. The van der Waals surface area contributed by atoms with Crippen LogP contribution >= 0.6 is 39.0 Å². The number of halogens is 1. The molecule has 0 spiro atoms. The van der Waals surface area contributed by atoms with Gasteiger partial charge in [-0.25, -0.2) is 8.42 Å². The summed E-state index contributed by atoms with van der Waals surface area (Å²) in [7, 11) is -3.26. The number of hydrogen-bond acceptors (Lipinski definition) is 7. The lowest BCUT2D eigenvalue weighted by Gasteiger charge is -2.04. The molecule has 2 aromatic rings. The molecule has 22 heavy (non-hydrogen) atoms. The molecular formula is C13H16BrN3O2S3. The summed E-state index contributed by atoms with van der Waals surface area (Å²) in [5, 5.41) is 12.0. The predicted molar refractivity (Wildman–Crippen MR) is 95.6 cm³/mol. The normalized spacial score (nSPS) is 11.8. The molecule has 0 unspecified atom stereocenters. The van der Waals surface area contributed by atoms with Gasteiger partial charge in [-0.05, 0) is 38.1 Å². The molecule has 9 heteroatoms. The summed E-state index contributed by atoms with van der Waals surface area (Å²) in [4.78, 5) is 0.343. The van der Waals surface area contributed by atoms with E-state index in [1.54, 1.807) is 24.3 Å². The average Bonchev–Trinajstić information content (AvgIpc) is 2.85. The van der Waals surface area contributed by atoms with E-state index < -0.39 is 9.84 Å². The largest absolute Gasteiger partial charge is 0.358 e. The molecule has 0 aliphatic rings. The predicted octanol–water partition coefficient (Wildman–Crippen LogP) is 3.69. The van der Waals surface area contributed by atoms with Gasteiger partial charge in [0.25, 0.3) is 0 Å². The molecule has 0 aliphatic carbocycles. The first-order chi connectivity index (χ1) is 10.4. The van der Waals surface area contributed by atoms with Crippen LogP contribution < -0.4 is 5.32 Å². The Morgan fingerprint density at radius 2 is 1.95 bits per heavy atom. The molecule has 0 amide bonds. The van der Waals surface area contributed by atoms with Crippen molar-refractivity contribution in [2.24, 2.45) is 0 Å². The molecule has 0 aliphatic heterocycles. The van der Waals surface area contributed by atoms with Crippen molar-refractivity contribution in [2.75, 3.05) is 16.8 Å². The van der Waals surface area contributed by atoms with Crippen molar-refractivity contribution in [1.29, 1.82) is 0 Å². The topological polar surface area (TPSA) is 72.0 Å². The van der Waals surface area contributed by atoms with E-state index in [-0.39, 0.29) is 5.75 Å². The minimum atomic E-state index is -3.26. The standard InChI is InChI=1S/C13H16BrN3O2S3/c1-9(2)15-12-16-17-13(21-12)20-7-8-22(18,19)11-5-3-10(14)4-6-11/h3-6,9H,7-8H2,1-2H3,(H,15,16). The number of hydrogen-bond donors (Lipinski definition) is 1. The van der Waals surface area contributed by atoms with Gasteiger partial charge in [-0.15, -0.1) is 10.2 Å². The maximum Gasteiger partial charge on any atom is 0.206 e. The first-order valence-corrected chi connectivity index (χ1v) is 10.8. The highest BCUT2D eigenvalue weighted by Crippen LogP contribution is 2.26. The van der Waals surface area contributed by atoms with Crippen LogP contribution in [-0.2, 0) is 9.84 Å². The van der Waals surface area contributed by atoms with Gasteiger partial charge in [0.15, 0.2) is 14.2 Å². The van der Waals surface area contributed by atoms with E-state index in [1.165, 1.54) is 23.1 Å².